The molecule has 1 atom stereocenters. The maximum Gasteiger partial charge on any atom is 0.340 e. The number of H-pyrrole nitrogens is 1. The van der Waals surface area contributed by atoms with Crippen molar-refractivity contribution < 1.29 is 27.1 Å². The Bertz CT molecular complexity index is 915. The van der Waals surface area contributed by atoms with E-state index in [0.29, 0.717) is 17.9 Å². The van der Waals surface area contributed by atoms with E-state index in [1.165, 1.54) is 18.3 Å². The zero-order valence-electron chi connectivity index (χ0n) is 15.4. The second-order valence-electron chi connectivity index (χ2n) is 6.77. The number of hydrogen-bond acceptors (Lipinski definition) is 5. The predicted molar refractivity (Wildman–Crippen MR) is 97.0 cm³/mol. The maximum absolute atomic E-state index is 12.9. The second kappa shape index (κ2) is 8.47. The third-order valence-electron chi connectivity index (χ3n) is 4.70. The van der Waals surface area contributed by atoms with E-state index in [1.807, 2.05) is 7.05 Å². The zero-order valence-corrected chi connectivity index (χ0v) is 16.3. The summed E-state index contributed by atoms with van der Waals surface area (Å²) in [6.07, 6.45) is -1.01. The number of aromatic amines is 1. The van der Waals surface area contributed by atoms with Crippen LogP contribution in [0, 0.1) is 4.77 Å². The predicted octanol–water partition coefficient (Wildman–Crippen LogP) is 3.17. The molecule has 7 nitrogen and oxygen atoms in total. The van der Waals surface area contributed by atoms with Crippen LogP contribution in [-0.4, -0.2) is 62.6 Å². The van der Waals surface area contributed by atoms with Crippen LogP contribution in [0.15, 0.2) is 18.3 Å². The first kappa shape index (κ1) is 21.2. The number of aromatic nitrogens is 4. The van der Waals surface area contributed by atoms with Crippen LogP contribution in [0.1, 0.15) is 34.9 Å². The van der Waals surface area contributed by atoms with E-state index < -0.39 is 19.0 Å². The second-order valence-corrected chi connectivity index (χ2v) is 7.16. The minimum Gasteiger partial charge on any atom is -0.471 e. The summed E-state index contributed by atoms with van der Waals surface area (Å²) in [6.45, 7) is -0.488. The van der Waals surface area contributed by atoms with Crippen molar-refractivity contribution in [2.75, 3.05) is 19.7 Å². The molecule has 1 fully saturated rings. The van der Waals surface area contributed by atoms with Crippen LogP contribution in [-0.2, 0) is 7.05 Å². The quantitative estimate of drug-likeness (QED) is 0.560. The fourth-order valence-electron chi connectivity index (χ4n) is 3.10. The highest BCUT2D eigenvalue weighted by molar-refractivity contribution is 7.71. The summed E-state index contributed by atoms with van der Waals surface area (Å²) in [5.41, 5.74) is 0.244. The Labute approximate surface area is 168 Å². The fraction of sp³-hybridized carbons (Fsp3) is 0.529. The summed E-state index contributed by atoms with van der Waals surface area (Å²) in [5, 5.41) is 6.97. The number of piperidine rings is 1. The van der Waals surface area contributed by atoms with Gasteiger partial charge in [0.1, 0.15) is 5.82 Å². The monoisotopic (exact) mass is 433 g/mol. The largest absolute Gasteiger partial charge is 0.471 e. The molecule has 0 bridgehead atoms. The Morgan fingerprint density at radius 1 is 1.45 bits per heavy atom. The molecule has 29 heavy (non-hydrogen) atoms. The van der Waals surface area contributed by atoms with Gasteiger partial charge in [-0.1, -0.05) is 0 Å². The molecular formula is C17H19F4N5O2S. The number of carbonyl (C=O) groups is 1. The number of ether oxygens (including phenoxy) is 1. The number of hydrogen-bond donors (Lipinski definition) is 1. The van der Waals surface area contributed by atoms with E-state index >= 15 is 0 Å². The molecule has 0 saturated carbocycles. The van der Waals surface area contributed by atoms with Crippen LogP contribution in [0.4, 0.5) is 17.6 Å². The molecule has 1 aliphatic rings. The number of nitrogens with zero attached hydrogens (tertiary/aromatic N) is 4. The molecule has 1 N–H and O–H groups in total. The SMILES string of the molecule is Cn1c(C2CCCN(C(=O)c3ccc(OCC(F)(F)C(F)F)nc3)C2)n[nH]c1=S. The van der Waals surface area contributed by atoms with E-state index in [4.69, 9.17) is 12.2 Å². The number of rotatable bonds is 6. The van der Waals surface area contributed by atoms with Gasteiger partial charge in [0.2, 0.25) is 5.88 Å². The van der Waals surface area contributed by atoms with Crippen molar-refractivity contribution in [3.8, 4) is 5.88 Å². The van der Waals surface area contributed by atoms with Gasteiger partial charge in [-0.25, -0.2) is 13.8 Å². The highest BCUT2D eigenvalue weighted by atomic mass is 32.1. The van der Waals surface area contributed by atoms with Gasteiger partial charge in [-0.3, -0.25) is 9.89 Å². The lowest BCUT2D eigenvalue weighted by Crippen LogP contribution is -2.39. The first-order valence-electron chi connectivity index (χ1n) is 8.84. The highest BCUT2D eigenvalue weighted by Crippen LogP contribution is 2.27. The molecule has 0 radical (unpaired) electrons. The molecule has 2 aromatic rings. The molecule has 1 saturated heterocycles. The first-order chi connectivity index (χ1) is 13.7. The summed E-state index contributed by atoms with van der Waals surface area (Å²) in [6, 6.07) is 2.57. The molecule has 158 valence electrons. The Hall–Kier alpha value is -2.50. The number of amides is 1. The molecule has 3 heterocycles. The van der Waals surface area contributed by atoms with Gasteiger partial charge in [0, 0.05) is 38.3 Å². The average molecular weight is 433 g/mol. The third kappa shape index (κ3) is 4.74. The zero-order chi connectivity index (χ0) is 21.2. The van der Waals surface area contributed by atoms with E-state index in [1.54, 1.807) is 9.47 Å². The summed E-state index contributed by atoms with van der Waals surface area (Å²) < 4.78 is 57.0. The minimum atomic E-state index is -4.27. The van der Waals surface area contributed by atoms with Crippen LogP contribution >= 0.6 is 12.2 Å². The van der Waals surface area contributed by atoms with Gasteiger partial charge in [0.15, 0.2) is 11.4 Å². The van der Waals surface area contributed by atoms with E-state index in [2.05, 4.69) is 19.9 Å². The molecule has 0 aromatic carbocycles. The van der Waals surface area contributed by atoms with Gasteiger partial charge in [0.05, 0.1) is 5.56 Å². The topological polar surface area (TPSA) is 76.0 Å². The molecule has 0 spiro atoms. The summed E-state index contributed by atoms with van der Waals surface area (Å²) in [7, 11) is 1.81. The fourth-order valence-corrected chi connectivity index (χ4v) is 3.24. The van der Waals surface area contributed by atoms with Crippen molar-refractivity contribution >= 4 is 18.1 Å². The Kier molecular flexibility index (Phi) is 6.20. The molecule has 2 aromatic heterocycles. The van der Waals surface area contributed by atoms with E-state index in [9.17, 15) is 22.4 Å². The van der Waals surface area contributed by atoms with Crippen molar-refractivity contribution in [3.63, 3.8) is 0 Å². The molecule has 12 heteroatoms. The number of likely N-dealkylation sites (tertiary alicyclic amines) is 1. The number of carbonyl (C=O) groups excluding carboxylic acids is 1. The van der Waals surface area contributed by atoms with Gasteiger partial charge in [0.25, 0.3) is 5.91 Å². The van der Waals surface area contributed by atoms with E-state index in [0.717, 1.165) is 18.7 Å². The van der Waals surface area contributed by atoms with Crippen LogP contribution in [0.3, 0.4) is 0 Å². The van der Waals surface area contributed by atoms with Crippen LogP contribution < -0.4 is 4.74 Å². The first-order valence-corrected chi connectivity index (χ1v) is 9.25. The number of alkyl halides is 4. The van der Waals surface area contributed by atoms with Crippen molar-refractivity contribution in [2.24, 2.45) is 7.05 Å². The summed E-state index contributed by atoms with van der Waals surface area (Å²) in [4.78, 5) is 18.2. The Morgan fingerprint density at radius 3 is 2.79 bits per heavy atom. The van der Waals surface area contributed by atoms with Crippen molar-refractivity contribution in [2.45, 2.75) is 31.1 Å². The number of halogens is 4. The van der Waals surface area contributed by atoms with Crippen molar-refractivity contribution in [1.29, 1.82) is 0 Å². The number of pyridine rings is 1. The molecule has 1 amide bonds. The summed E-state index contributed by atoms with van der Waals surface area (Å²) in [5.74, 6) is -4.01. The molecule has 3 rings (SSSR count). The molecule has 1 aliphatic heterocycles. The van der Waals surface area contributed by atoms with Crippen LogP contribution in [0.25, 0.3) is 0 Å². The van der Waals surface area contributed by atoms with Gasteiger partial charge in [-0.15, -0.1) is 0 Å². The van der Waals surface area contributed by atoms with Crippen molar-refractivity contribution in [1.82, 2.24) is 24.6 Å². The highest BCUT2D eigenvalue weighted by Gasteiger charge is 2.41. The van der Waals surface area contributed by atoms with E-state index in [-0.39, 0.29) is 23.3 Å². The molecule has 0 aliphatic carbocycles. The third-order valence-corrected chi connectivity index (χ3v) is 5.07. The van der Waals surface area contributed by atoms with Crippen molar-refractivity contribution in [3.05, 3.63) is 34.5 Å². The lowest BCUT2D eigenvalue weighted by molar-refractivity contribution is -0.148. The smallest absolute Gasteiger partial charge is 0.340 e. The summed E-state index contributed by atoms with van der Waals surface area (Å²) >= 11 is 5.13. The maximum atomic E-state index is 12.9. The Morgan fingerprint density at radius 2 is 2.21 bits per heavy atom. The lowest BCUT2D eigenvalue weighted by Gasteiger charge is -2.32. The molecule has 1 unspecified atom stereocenters. The van der Waals surface area contributed by atoms with Gasteiger partial charge in [-0.05, 0) is 31.1 Å². The lowest BCUT2D eigenvalue weighted by atomic mass is 9.96. The van der Waals surface area contributed by atoms with Gasteiger partial charge < -0.3 is 14.2 Å². The van der Waals surface area contributed by atoms with Crippen LogP contribution in [0.2, 0.25) is 0 Å². The standard InChI is InChI=1S/C17H19F4N5O2S/c1-25-13(23-24-16(25)29)11-3-2-6-26(8-11)14(27)10-4-5-12(22-7-10)28-9-17(20,21)15(18)19/h4-5,7,11,15H,2-3,6,8-9H2,1H3,(H,24,29). The van der Waals surface area contributed by atoms with Gasteiger partial charge >= 0.3 is 12.3 Å². The van der Waals surface area contributed by atoms with Gasteiger partial charge in [-0.2, -0.15) is 13.9 Å². The minimum absolute atomic E-state index is 0.0257. The average Bonchev–Trinajstić information content (AvgIpc) is 3.05. The normalized spacial score (nSPS) is 17.6. The number of nitrogens with one attached hydrogen (secondary N) is 1. The van der Waals surface area contributed by atoms with Crippen LogP contribution in [0.5, 0.6) is 5.88 Å². The molecular weight excluding hydrogens is 414 g/mol. The Balaban J connectivity index is 1.64.